The molecule has 14 nitrogen and oxygen atoms in total. The summed E-state index contributed by atoms with van der Waals surface area (Å²) in [6.45, 7) is 0.291. The van der Waals surface area contributed by atoms with Crippen LogP contribution in [0.2, 0.25) is 0 Å². The second kappa shape index (κ2) is 13.8. The predicted octanol–water partition coefficient (Wildman–Crippen LogP) is -3.56. The number of hydrogen-bond donors (Lipinski definition) is 9. The number of phenols is 1. The first-order chi connectivity index (χ1) is 16.3. The lowest BCUT2D eigenvalue weighted by molar-refractivity contribution is -0.143. The predicted molar refractivity (Wildman–Crippen MR) is 120 cm³/mol. The number of phenolic OH excluding ortho intramolecular Hbond substituents is 1. The van der Waals surface area contributed by atoms with Crippen molar-refractivity contribution in [2.75, 3.05) is 6.61 Å². The highest BCUT2D eigenvalue weighted by Crippen LogP contribution is 2.12. The molecule has 0 aliphatic rings. The van der Waals surface area contributed by atoms with Crippen molar-refractivity contribution in [3.05, 3.63) is 29.8 Å². The van der Waals surface area contributed by atoms with E-state index in [-0.39, 0.29) is 25.0 Å². The molecular weight excluding hydrogens is 466 g/mol. The van der Waals surface area contributed by atoms with Gasteiger partial charge in [0.25, 0.3) is 0 Å². The number of aromatic hydroxyl groups is 1. The van der Waals surface area contributed by atoms with Crippen LogP contribution in [-0.2, 0) is 30.4 Å². The van der Waals surface area contributed by atoms with E-state index in [1.807, 2.05) is 0 Å². The zero-order chi connectivity index (χ0) is 26.7. The Labute approximate surface area is 200 Å². The number of aliphatic hydroxyl groups is 2. The molecule has 4 amide bonds. The number of primary amides is 1. The van der Waals surface area contributed by atoms with Gasteiger partial charge in [0.2, 0.25) is 23.6 Å². The van der Waals surface area contributed by atoms with Gasteiger partial charge in [0.1, 0.15) is 23.9 Å². The lowest BCUT2D eigenvalue weighted by Crippen LogP contribution is -2.60. The van der Waals surface area contributed by atoms with Crippen LogP contribution in [0.5, 0.6) is 5.75 Å². The van der Waals surface area contributed by atoms with Crippen molar-refractivity contribution >= 4 is 29.6 Å². The molecule has 1 aromatic rings. The highest BCUT2D eigenvalue weighted by atomic mass is 16.4. The monoisotopic (exact) mass is 497 g/mol. The molecule has 0 heterocycles. The number of carboxylic acids is 1. The molecule has 11 N–H and O–H groups in total. The Morgan fingerprint density at radius 3 is 2.00 bits per heavy atom. The minimum atomic E-state index is -1.63. The van der Waals surface area contributed by atoms with E-state index in [9.17, 15) is 44.4 Å². The van der Waals surface area contributed by atoms with E-state index in [4.69, 9.17) is 11.5 Å². The lowest BCUT2D eigenvalue weighted by Gasteiger charge is -2.26. The Hall–Kier alpha value is -3.75. The number of carbonyl (C=O) groups is 5. The van der Waals surface area contributed by atoms with Crippen molar-refractivity contribution in [2.24, 2.45) is 11.5 Å². The summed E-state index contributed by atoms with van der Waals surface area (Å²) in [4.78, 5) is 59.7. The fourth-order valence-electron chi connectivity index (χ4n) is 2.89. The number of rotatable bonds is 14. The van der Waals surface area contributed by atoms with Crippen molar-refractivity contribution in [3.63, 3.8) is 0 Å². The number of carbonyl (C=O) groups excluding carboxylic acids is 4. The summed E-state index contributed by atoms with van der Waals surface area (Å²) in [5.74, 6) is -5.03. The van der Waals surface area contributed by atoms with Gasteiger partial charge >= 0.3 is 5.97 Å². The second-order valence-corrected chi connectivity index (χ2v) is 7.85. The average molecular weight is 498 g/mol. The van der Waals surface area contributed by atoms with Crippen LogP contribution in [0.3, 0.4) is 0 Å². The molecule has 194 valence electrons. The van der Waals surface area contributed by atoms with Crippen LogP contribution in [0.25, 0.3) is 0 Å². The van der Waals surface area contributed by atoms with E-state index in [2.05, 4.69) is 16.0 Å². The smallest absolute Gasteiger partial charge is 0.326 e. The van der Waals surface area contributed by atoms with Gasteiger partial charge < -0.3 is 47.8 Å². The molecule has 0 aliphatic carbocycles. The minimum Gasteiger partial charge on any atom is -0.508 e. The van der Waals surface area contributed by atoms with Gasteiger partial charge in [-0.3, -0.25) is 19.2 Å². The zero-order valence-electron chi connectivity index (χ0n) is 19.0. The van der Waals surface area contributed by atoms with E-state index in [1.54, 1.807) is 0 Å². The molecule has 0 aliphatic heterocycles. The van der Waals surface area contributed by atoms with Gasteiger partial charge in [-0.25, -0.2) is 4.79 Å². The Morgan fingerprint density at radius 1 is 0.943 bits per heavy atom. The molecule has 5 unspecified atom stereocenters. The summed E-state index contributed by atoms with van der Waals surface area (Å²) in [7, 11) is 0. The van der Waals surface area contributed by atoms with Gasteiger partial charge in [-0.15, -0.1) is 0 Å². The Balaban J connectivity index is 2.84. The molecule has 0 saturated carbocycles. The number of nitrogens with two attached hydrogens (primary N) is 2. The van der Waals surface area contributed by atoms with Crippen molar-refractivity contribution in [1.29, 1.82) is 0 Å². The van der Waals surface area contributed by atoms with Crippen molar-refractivity contribution < 1.29 is 44.4 Å². The number of aliphatic carboxylic acids is 1. The van der Waals surface area contributed by atoms with Gasteiger partial charge in [-0.2, -0.15) is 0 Å². The topological polar surface area (TPSA) is 254 Å². The van der Waals surface area contributed by atoms with Crippen LogP contribution < -0.4 is 27.4 Å². The molecular formula is C21H31N5O9. The lowest BCUT2D eigenvalue weighted by atomic mass is 10.0. The minimum absolute atomic E-state index is 0.0269. The number of carboxylic acid groups (broad SMARTS) is 1. The first-order valence-electron chi connectivity index (χ1n) is 10.6. The fourth-order valence-corrected chi connectivity index (χ4v) is 2.89. The van der Waals surface area contributed by atoms with E-state index >= 15 is 0 Å². The van der Waals surface area contributed by atoms with Crippen LogP contribution in [-0.4, -0.2) is 86.9 Å². The SMILES string of the molecule is CC(O)C(NC(=O)C(CO)NC(=O)C(N)CCC(N)=O)C(=O)NC(Cc1ccc(O)cc1)C(=O)O. The van der Waals surface area contributed by atoms with Crippen LogP contribution >= 0.6 is 0 Å². The summed E-state index contributed by atoms with van der Waals surface area (Å²) < 4.78 is 0. The Morgan fingerprint density at radius 2 is 1.51 bits per heavy atom. The van der Waals surface area contributed by atoms with E-state index < -0.39 is 66.5 Å². The van der Waals surface area contributed by atoms with Crippen LogP contribution in [0.15, 0.2) is 24.3 Å². The summed E-state index contributed by atoms with van der Waals surface area (Å²) in [5.41, 5.74) is 11.1. The first-order valence-corrected chi connectivity index (χ1v) is 10.6. The van der Waals surface area contributed by atoms with E-state index in [0.717, 1.165) is 0 Å². The first kappa shape index (κ1) is 29.3. The molecule has 0 aromatic heterocycles. The quantitative estimate of drug-likeness (QED) is 0.122. The third kappa shape index (κ3) is 9.95. The number of benzene rings is 1. The molecule has 1 rings (SSSR count). The van der Waals surface area contributed by atoms with Gasteiger partial charge in [0, 0.05) is 12.8 Å². The summed E-state index contributed by atoms with van der Waals surface area (Å²) in [5, 5.41) is 44.8. The molecule has 0 fully saturated rings. The molecule has 0 radical (unpaired) electrons. The van der Waals surface area contributed by atoms with Crippen molar-refractivity contribution in [2.45, 2.75) is 56.5 Å². The zero-order valence-corrected chi connectivity index (χ0v) is 19.0. The molecule has 14 heteroatoms. The normalized spacial score (nSPS) is 15.1. The molecule has 0 bridgehead atoms. The molecule has 1 aromatic carbocycles. The van der Waals surface area contributed by atoms with Gasteiger partial charge in [0.15, 0.2) is 0 Å². The van der Waals surface area contributed by atoms with Crippen LogP contribution in [0, 0.1) is 0 Å². The summed E-state index contributed by atoms with van der Waals surface area (Å²) in [6.07, 6.45) is -1.91. The van der Waals surface area contributed by atoms with Gasteiger partial charge in [-0.1, -0.05) is 12.1 Å². The maximum Gasteiger partial charge on any atom is 0.326 e. The average Bonchev–Trinajstić information content (AvgIpc) is 2.79. The summed E-state index contributed by atoms with van der Waals surface area (Å²) in [6, 6.07) is -0.182. The van der Waals surface area contributed by atoms with Gasteiger partial charge in [0.05, 0.1) is 18.8 Å². The number of aliphatic hydroxyl groups excluding tert-OH is 2. The second-order valence-electron chi connectivity index (χ2n) is 7.85. The van der Waals surface area contributed by atoms with Crippen molar-refractivity contribution in [3.8, 4) is 5.75 Å². The maximum absolute atomic E-state index is 12.7. The molecule has 35 heavy (non-hydrogen) atoms. The third-order valence-corrected chi connectivity index (χ3v) is 4.91. The highest BCUT2D eigenvalue weighted by Gasteiger charge is 2.32. The highest BCUT2D eigenvalue weighted by molar-refractivity contribution is 5.94. The van der Waals surface area contributed by atoms with E-state index in [0.29, 0.717) is 5.56 Å². The molecule has 0 spiro atoms. The summed E-state index contributed by atoms with van der Waals surface area (Å²) >= 11 is 0. The van der Waals surface area contributed by atoms with Gasteiger partial charge in [-0.05, 0) is 31.0 Å². The molecule has 5 atom stereocenters. The Bertz CT molecular complexity index is 907. The van der Waals surface area contributed by atoms with Crippen LogP contribution in [0.4, 0.5) is 0 Å². The number of nitrogens with one attached hydrogen (secondary N) is 3. The Kier molecular flexibility index (Phi) is 11.6. The number of amides is 4. The standard InChI is InChI=1S/C21H31N5O9/c1-10(28)17(20(33)24-14(21(34)35)8-11-2-4-12(29)5-3-11)26-19(32)15(9-27)25-18(31)13(22)6-7-16(23)30/h2-5,10,13-15,17,27-29H,6-9,22H2,1H3,(H2,23,30)(H,24,33)(H,25,31)(H,26,32)(H,34,35). The molecule has 0 saturated heterocycles. The van der Waals surface area contributed by atoms with E-state index in [1.165, 1.54) is 31.2 Å². The fraction of sp³-hybridized carbons (Fsp3) is 0.476. The van der Waals surface area contributed by atoms with Crippen molar-refractivity contribution in [1.82, 2.24) is 16.0 Å². The third-order valence-electron chi connectivity index (χ3n) is 4.91. The van der Waals surface area contributed by atoms with Crippen LogP contribution in [0.1, 0.15) is 25.3 Å². The maximum atomic E-state index is 12.7. The number of hydrogen-bond acceptors (Lipinski definition) is 9. The largest absolute Gasteiger partial charge is 0.508 e.